The van der Waals surface area contributed by atoms with E-state index in [9.17, 15) is 13.2 Å². The maximum atomic E-state index is 12.7. The van der Waals surface area contributed by atoms with E-state index < -0.39 is 16.1 Å². The van der Waals surface area contributed by atoms with Gasteiger partial charge < -0.3 is 5.32 Å². The van der Waals surface area contributed by atoms with Gasteiger partial charge in [-0.2, -0.15) is 4.31 Å². The average Bonchev–Trinajstić information content (AvgIpc) is 3.33. The monoisotopic (exact) mass is 385 g/mol. The Hall–Kier alpha value is -1.29. The molecule has 1 aliphatic rings. The molecule has 0 radical (unpaired) electrons. The summed E-state index contributed by atoms with van der Waals surface area (Å²) in [4.78, 5) is 16.9. The molecular weight excluding hydrogens is 366 g/mol. The molecule has 3 heterocycles. The molecule has 24 heavy (non-hydrogen) atoms. The van der Waals surface area contributed by atoms with Crippen molar-refractivity contribution in [1.82, 2.24) is 14.6 Å². The first-order valence-electron chi connectivity index (χ1n) is 7.78. The Balaban J connectivity index is 1.67. The molecule has 1 fully saturated rings. The van der Waals surface area contributed by atoms with Crippen LogP contribution in [-0.4, -0.2) is 36.2 Å². The topological polar surface area (TPSA) is 79.4 Å². The van der Waals surface area contributed by atoms with Crippen LogP contribution in [0.5, 0.6) is 0 Å². The largest absolute Gasteiger partial charge is 0.349 e. The third kappa shape index (κ3) is 3.53. The molecule has 6 nitrogen and oxygen atoms in total. The van der Waals surface area contributed by atoms with Crippen molar-refractivity contribution in [2.75, 3.05) is 6.54 Å². The highest BCUT2D eigenvalue weighted by atomic mass is 32.2. The number of hydrogen-bond acceptors (Lipinski definition) is 6. The fraction of sp³-hybridized carbons (Fsp3) is 0.467. The van der Waals surface area contributed by atoms with Crippen LogP contribution in [0.1, 0.15) is 30.5 Å². The van der Waals surface area contributed by atoms with Crippen LogP contribution in [-0.2, 0) is 27.8 Å². The molecule has 0 saturated carbocycles. The first kappa shape index (κ1) is 17.5. The number of nitrogens with one attached hydrogen (secondary N) is 1. The van der Waals surface area contributed by atoms with Crippen LogP contribution in [0.2, 0.25) is 0 Å². The van der Waals surface area contributed by atoms with E-state index in [2.05, 4.69) is 10.3 Å². The van der Waals surface area contributed by atoms with Crippen molar-refractivity contribution < 1.29 is 13.2 Å². The summed E-state index contributed by atoms with van der Waals surface area (Å²) in [5.74, 6) is -0.251. The minimum atomic E-state index is -3.59. The predicted octanol–water partition coefficient (Wildman–Crippen LogP) is 2.24. The lowest BCUT2D eigenvalue weighted by Gasteiger charge is -2.22. The molecule has 1 unspecified atom stereocenters. The second-order valence-electron chi connectivity index (χ2n) is 5.51. The van der Waals surface area contributed by atoms with E-state index in [1.165, 1.54) is 15.6 Å². The fourth-order valence-corrected chi connectivity index (χ4v) is 6.22. The maximum Gasteiger partial charge on any atom is 0.253 e. The Morgan fingerprint density at radius 1 is 1.46 bits per heavy atom. The molecule has 9 heteroatoms. The molecule has 0 spiro atoms. The lowest BCUT2D eigenvalue weighted by atomic mass is 10.2. The number of thiazole rings is 1. The summed E-state index contributed by atoms with van der Waals surface area (Å²) in [6.07, 6.45) is 2.11. The third-order valence-corrected chi connectivity index (χ3v) is 8.23. The van der Waals surface area contributed by atoms with Crippen LogP contribution in [0.15, 0.2) is 27.1 Å². The number of aromatic nitrogens is 1. The second-order valence-corrected chi connectivity index (χ2v) is 9.52. The normalized spacial score (nSPS) is 18.8. The van der Waals surface area contributed by atoms with Gasteiger partial charge in [0, 0.05) is 11.9 Å². The van der Waals surface area contributed by atoms with Crippen molar-refractivity contribution >= 4 is 38.6 Å². The predicted molar refractivity (Wildman–Crippen MR) is 94.6 cm³/mol. The van der Waals surface area contributed by atoms with Crippen LogP contribution in [0.3, 0.4) is 0 Å². The lowest BCUT2D eigenvalue weighted by molar-refractivity contribution is -0.124. The molecule has 0 bridgehead atoms. The minimum absolute atomic E-state index is 0.251. The fourth-order valence-electron chi connectivity index (χ4n) is 2.70. The van der Waals surface area contributed by atoms with E-state index in [1.54, 1.807) is 28.8 Å². The smallest absolute Gasteiger partial charge is 0.253 e. The molecular formula is C15H19N3O3S3. The molecule has 1 amide bonds. The Morgan fingerprint density at radius 3 is 2.96 bits per heavy atom. The number of carbonyl (C=O) groups is 1. The van der Waals surface area contributed by atoms with Crippen LogP contribution < -0.4 is 5.32 Å². The molecule has 0 aliphatic carbocycles. The second kappa shape index (κ2) is 7.30. The van der Waals surface area contributed by atoms with E-state index in [0.29, 0.717) is 25.9 Å². The van der Waals surface area contributed by atoms with E-state index in [1.807, 2.05) is 12.3 Å². The van der Waals surface area contributed by atoms with Gasteiger partial charge in [-0.05, 0) is 30.7 Å². The van der Waals surface area contributed by atoms with Crippen LogP contribution in [0, 0.1) is 0 Å². The van der Waals surface area contributed by atoms with Crippen molar-refractivity contribution in [2.45, 2.75) is 43.0 Å². The number of nitrogens with zero attached hydrogens (tertiary/aromatic N) is 2. The van der Waals surface area contributed by atoms with Gasteiger partial charge in [0.2, 0.25) is 5.91 Å². The van der Waals surface area contributed by atoms with Gasteiger partial charge in [-0.3, -0.25) is 4.79 Å². The third-order valence-electron chi connectivity index (χ3n) is 3.91. The first-order valence-corrected chi connectivity index (χ1v) is 11.0. The van der Waals surface area contributed by atoms with Gasteiger partial charge in [0.25, 0.3) is 10.0 Å². The van der Waals surface area contributed by atoms with Crippen molar-refractivity contribution in [3.8, 4) is 0 Å². The molecule has 3 rings (SSSR count). The minimum Gasteiger partial charge on any atom is -0.349 e. The summed E-state index contributed by atoms with van der Waals surface area (Å²) in [6, 6.07) is 2.65. The van der Waals surface area contributed by atoms with Gasteiger partial charge in [0.1, 0.15) is 10.3 Å². The summed E-state index contributed by atoms with van der Waals surface area (Å²) in [7, 11) is -3.59. The highest BCUT2D eigenvalue weighted by Gasteiger charge is 2.39. The van der Waals surface area contributed by atoms with Crippen molar-refractivity contribution in [3.63, 3.8) is 0 Å². The summed E-state index contributed by atoms with van der Waals surface area (Å²) >= 11 is 2.75. The Morgan fingerprint density at radius 2 is 2.29 bits per heavy atom. The summed E-state index contributed by atoms with van der Waals surface area (Å²) in [5.41, 5.74) is 0.816. The summed E-state index contributed by atoms with van der Waals surface area (Å²) < 4.78 is 27.0. The first-order chi connectivity index (χ1) is 11.5. The van der Waals surface area contributed by atoms with E-state index in [4.69, 9.17) is 0 Å². The Bertz CT molecular complexity index is 799. The van der Waals surface area contributed by atoms with Crippen LogP contribution in [0.4, 0.5) is 0 Å². The number of thiophene rings is 1. The number of hydrogen-bond donors (Lipinski definition) is 1. The molecule has 1 atom stereocenters. The zero-order valence-electron chi connectivity index (χ0n) is 13.3. The standard InChI is InChI=1S/C15H19N3O3S3/c1-2-13-17-11(10-23-13)9-16-15(19)12-5-3-7-18(12)24(20,21)14-6-4-8-22-14/h4,6,8,10,12H,2-3,5,7,9H2,1H3,(H,16,19). The van der Waals surface area contributed by atoms with E-state index >= 15 is 0 Å². The lowest BCUT2D eigenvalue weighted by Crippen LogP contribution is -2.45. The van der Waals surface area contributed by atoms with Gasteiger partial charge in [-0.1, -0.05) is 13.0 Å². The molecule has 2 aromatic heterocycles. The van der Waals surface area contributed by atoms with E-state index in [0.717, 1.165) is 17.1 Å². The Labute approximate surface area is 149 Å². The van der Waals surface area contributed by atoms with Crippen molar-refractivity contribution in [3.05, 3.63) is 33.6 Å². The quantitative estimate of drug-likeness (QED) is 0.827. The van der Waals surface area contributed by atoms with Crippen molar-refractivity contribution in [1.29, 1.82) is 0 Å². The summed E-state index contributed by atoms with van der Waals surface area (Å²) in [6.45, 7) is 2.75. The number of aryl methyl sites for hydroxylation is 1. The van der Waals surface area contributed by atoms with Crippen LogP contribution in [0.25, 0.3) is 0 Å². The molecule has 2 aromatic rings. The molecule has 130 valence electrons. The van der Waals surface area contributed by atoms with Gasteiger partial charge in [-0.15, -0.1) is 22.7 Å². The highest BCUT2D eigenvalue weighted by molar-refractivity contribution is 7.91. The molecule has 0 aromatic carbocycles. The SMILES string of the molecule is CCc1nc(CNC(=O)C2CCCN2S(=O)(=O)c2cccs2)cs1. The van der Waals surface area contributed by atoms with E-state index in [-0.39, 0.29) is 10.1 Å². The molecule has 1 N–H and O–H groups in total. The summed E-state index contributed by atoms with van der Waals surface area (Å²) in [5, 5.41) is 7.51. The maximum absolute atomic E-state index is 12.7. The molecule has 1 aliphatic heterocycles. The van der Waals surface area contributed by atoms with Crippen LogP contribution >= 0.6 is 22.7 Å². The zero-order chi connectivity index (χ0) is 17.2. The van der Waals surface area contributed by atoms with Gasteiger partial charge in [0.05, 0.1) is 17.2 Å². The molecule has 1 saturated heterocycles. The van der Waals surface area contributed by atoms with Gasteiger partial charge in [-0.25, -0.2) is 13.4 Å². The van der Waals surface area contributed by atoms with Gasteiger partial charge >= 0.3 is 0 Å². The van der Waals surface area contributed by atoms with Gasteiger partial charge in [0.15, 0.2) is 0 Å². The Kier molecular flexibility index (Phi) is 5.33. The highest BCUT2D eigenvalue weighted by Crippen LogP contribution is 2.28. The number of amides is 1. The number of carbonyl (C=O) groups excluding carboxylic acids is 1. The zero-order valence-corrected chi connectivity index (χ0v) is 15.7. The number of rotatable bonds is 6. The number of sulfonamides is 1. The average molecular weight is 386 g/mol. The van der Waals surface area contributed by atoms with Crippen molar-refractivity contribution in [2.24, 2.45) is 0 Å².